The lowest BCUT2D eigenvalue weighted by atomic mass is 10.0. The average molecular weight is 440 g/mol. The van der Waals surface area contributed by atoms with Crippen LogP contribution in [0.1, 0.15) is 23.6 Å². The van der Waals surface area contributed by atoms with E-state index in [1.165, 1.54) is 24.3 Å². The molecule has 1 aliphatic rings. The zero-order valence-electron chi connectivity index (χ0n) is 16.7. The Morgan fingerprint density at radius 1 is 1.26 bits per heavy atom. The molecule has 3 rings (SSSR count). The monoisotopic (exact) mass is 440 g/mol. The van der Waals surface area contributed by atoms with E-state index < -0.39 is 16.1 Å². The minimum atomic E-state index is -0.512. The second kappa shape index (κ2) is 9.48. The molecular weight excluding hydrogens is 420 g/mol. The van der Waals surface area contributed by atoms with Gasteiger partial charge in [0, 0.05) is 17.7 Å². The van der Waals surface area contributed by atoms with Crippen LogP contribution in [0.25, 0.3) is 6.08 Å². The smallest absolute Gasteiger partial charge is 0.293 e. The van der Waals surface area contributed by atoms with E-state index in [0.29, 0.717) is 35.5 Å². The molecule has 1 saturated heterocycles. The molecule has 0 atom stereocenters. The Hall–Kier alpha value is -3.59. The highest BCUT2D eigenvalue weighted by Crippen LogP contribution is 2.37. The molecule has 0 aliphatic carbocycles. The predicted octanol–water partition coefficient (Wildman–Crippen LogP) is 4.66. The molecule has 2 aromatic carbocycles. The number of non-ortho nitro benzene ring substituents is 1. The zero-order valence-corrected chi connectivity index (χ0v) is 17.6. The van der Waals surface area contributed by atoms with Crippen molar-refractivity contribution in [3.63, 3.8) is 0 Å². The van der Waals surface area contributed by atoms with Crippen molar-refractivity contribution in [1.29, 1.82) is 0 Å². The third-order valence-corrected chi connectivity index (χ3v) is 5.41. The van der Waals surface area contributed by atoms with Crippen molar-refractivity contribution in [2.45, 2.75) is 19.9 Å². The van der Waals surface area contributed by atoms with Gasteiger partial charge in [0.05, 0.1) is 23.0 Å². The Kier molecular flexibility index (Phi) is 6.76. The van der Waals surface area contributed by atoms with Crippen molar-refractivity contribution in [2.24, 2.45) is 0 Å². The average Bonchev–Trinajstić information content (AvgIpc) is 2.99. The summed E-state index contributed by atoms with van der Waals surface area (Å²) in [6, 6.07) is 9.01. The maximum absolute atomic E-state index is 12.8. The van der Waals surface area contributed by atoms with Gasteiger partial charge in [-0.15, -0.1) is 6.58 Å². The fraction of sp³-hybridized carbons (Fsp3) is 0.182. The van der Waals surface area contributed by atoms with E-state index in [1.807, 2.05) is 0 Å². The van der Waals surface area contributed by atoms with Gasteiger partial charge in [0.1, 0.15) is 0 Å². The number of benzene rings is 2. The summed E-state index contributed by atoms with van der Waals surface area (Å²) >= 11 is 0.813. The van der Waals surface area contributed by atoms with Gasteiger partial charge in [0.15, 0.2) is 11.5 Å². The number of ether oxygens (including phenoxy) is 1. The number of aromatic hydroxyl groups is 1. The topological polar surface area (TPSA) is 110 Å². The van der Waals surface area contributed by atoms with Crippen LogP contribution < -0.4 is 4.74 Å². The molecule has 0 bridgehead atoms. The molecular formula is C22H20N2O6S. The molecule has 2 aromatic rings. The van der Waals surface area contributed by atoms with Crippen molar-refractivity contribution >= 4 is 34.7 Å². The number of imide groups is 1. The van der Waals surface area contributed by atoms with E-state index in [4.69, 9.17) is 4.74 Å². The number of allylic oxidation sites excluding steroid dienone is 1. The predicted molar refractivity (Wildman–Crippen MR) is 118 cm³/mol. The summed E-state index contributed by atoms with van der Waals surface area (Å²) in [4.78, 5) is 36.8. The molecule has 1 aliphatic heterocycles. The Balaban J connectivity index is 1.85. The maximum Gasteiger partial charge on any atom is 0.293 e. The Bertz CT molecular complexity index is 1080. The van der Waals surface area contributed by atoms with Crippen molar-refractivity contribution in [3.05, 3.63) is 80.8 Å². The summed E-state index contributed by atoms with van der Waals surface area (Å²) in [6.07, 6.45) is 3.64. The Morgan fingerprint density at radius 3 is 2.58 bits per heavy atom. The lowest BCUT2D eigenvalue weighted by molar-refractivity contribution is -0.384. The number of phenols is 1. The normalized spacial score (nSPS) is 14.9. The number of hydrogen-bond donors (Lipinski definition) is 1. The summed E-state index contributed by atoms with van der Waals surface area (Å²) in [6.45, 7) is 5.85. The number of amides is 2. The molecule has 0 aromatic heterocycles. The quantitative estimate of drug-likeness (QED) is 0.275. The molecule has 9 heteroatoms. The van der Waals surface area contributed by atoms with Crippen molar-refractivity contribution in [2.75, 3.05) is 6.61 Å². The zero-order chi connectivity index (χ0) is 22.5. The SMILES string of the molecule is C=CCc1cc(/C=C2\SC(=O)N(Cc3ccc([N+](=O)[O-])cc3)C2=O)cc(OCC)c1O. The van der Waals surface area contributed by atoms with Crippen molar-refractivity contribution in [3.8, 4) is 11.5 Å². The summed E-state index contributed by atoms with van der Waals surface area (Å²) < 4.78 is 5.47. The highest BCUT2D eigenvalue weighted by atomic mass is 32.2. The minimum Gasteiger partial charge on any atom is -0.504 e. The van der Waals surface area contributed by atoms with Gasteiger partial charge >= 0.3 is 0 Å². The van der Waals surface area contributed by atoms with Crippen molar-refractivity contribution < 1.29 is 24.4 Å². The van der Waals surface area contributed by atoms with Crippen LogP contribution >= 0.6 is 11.8 Å². The van der Waals surface area contributed by atoms with Gasteiger partial charge in [-0.25, -0.2) is 0 Å². The highest BCUT2D eigenvalue weighted by Gasteiger charge is 2.35. The summed E-state index contributed by atoms with van der Waals surface area (Å²) in [5, 5.41) is 20.7. The van der Waals surface area contributed by atoms with Gasteiger partial charge in [0.2, 0.25) is 0 Å². The third kappa shape index (κ3) is 4.95. The number of nitro groups is 1. The molecule has 0 unspecified atom stereocenters. The first kappa shape index (κ1) is 22.1. The fourth-order valence-corrected chi connectivity index (χ4v) is 3.88. The molecule has 0 saturated carbocycles. The van der Waals surface area contributed by atoms with Gasteiger partial charge in [-0.3, -0.25) is 24.6 Å². The highest BCUT2D eigenvalue weighted by molar-refractivity contribution is 8.18. The van der Waals surface area contributed by atoms with E-state index in [9.17, 15) is 24.8 Å². The third-order valence-electron chi connectivity index (χ3n) is 4.50. The number of carbonyl (C=O) groups excluding carboxylic acids is 2. The lowest BCUT2D eigenvalue weighted by Crippen LogP contribution is -2.27. The van der Waals surface area contributed by atoms with E-state index in [-0.39, 0.29) is 22.9 Å². The number of nitrogens with zero attached hydrogens (tertiary/aromatic N) is 2. The van der Waals surface area contributed by atoms with Crippen LogP contribution in [0.15, 0.2) is 54.0 Å². The van der Waals surface area contributed by atoms with Crippen molar-refractivity contribution in [1.82, 2.24) is 4.90 Å². The molecule has 1 heterocycles. The van der Waals surface area contributed by atoms with Gasteiger partial charge in [-0.1, -0.05) is 18.2 Å². The lowest BCUT2D eigenvalue weighted by Gasteiger charge is -2.12. The molecule has 31 heavy (non-hydrogen) atoms. The molecule has 1 N–H and O–H groups in total. The second-order valence-corrected chi connectivity index (χ2v) is 7.64. The largest absolute Gasteiger partial charge is 0.504 e. The molecule has 0 radical (unpaired) electrons. The first-order valence-electron chi connectivity index (χ1n) is 9.42. The summed E-state index contributed by atoms with van der Waals surface area (Å²) in [7, 11) is 0. The number of thioether (sulfide) groups is 1. The Labute approximate surface area is 183 Å². The fourth-order valence-electron chi connectivity index (χ4n) is 3.04. The number of rotatable bonds is 8. The van der Waals surface area contributed by atoms with Crippen LogP contribution in [0.5, 0.6) is 11.5 Å². The first-order chi connectivity index (χ1) is 14.8. The summed E-state index contributed by atoms with van der Waals surface area (Å²) in [5.74, 6) is -0.145. The number of carbonyl (C=O) groups is 2. The van der Waals surface area contributed by atoms with E-state index in [0.717, 1.165) is 16.7 Å². The van der Waals surface area contributed by atoms with E-state index in [2.05, 4.69) is 6.58 Å². The molecule has 1 fully saturated rings. The minimum absolute atomic E-state index is 0.0154. The molecule has 2 amide bonds. The maximum atomic E-state index is 12.8. The van der Waals surface area contributed by atoms with E-state index in [1.54, 1.807) is 31.2 Å². The van der Waals surface area contributed by atoms with Gasteiger partial charge in [-0.05, 0) is 54.4 Å². The van der Waals surface area contributed by atoms with Gasteiger partial charge in [0.25, 0.3) is 16.8 Å². The van der Waals surface area contributed by atoms with Crippen LogP contribution in [-0.4, -0.2) is 32.7 Å². The van der Waals surface area contributed by atoms with Gasteiger partial charge < -0.3 is 9.84 Å². The van der Waals surface area contributed by atoms with Crippen LogP contribution in [0, 0.1) is 10.1 Å². The van der Waals surface area contributed by atoms with Crippen LogP contribution in [-0.2, 0) is 17.8 Å². The van der Waals surface area contributed by atoms with Crippen LogP contribution in [0.2, 0.25) is 0 Å². The Morgan fingerprint density at radius 2 is 1.97 bits per heavy atom. The number of phenolic OH excluding ortho intramolecular Hbond substituents is 1. The van der Waals surface area contributed by atoms with Gasteiger partial charge in [-0.2, -0.15) is 0 Å². The first-order valence-corrected chi connectivity index (χ1v) is 10.2. The molecule has 0 spiro atoms. The molecule has 160 valence electrons. The van der Waals surface area contributed by atoms with E-state index >= 15 is 0 Å². The standard InChI is InChI=1S/C22H20N2O6S/c1-3-5-16-10-15(11-18(20(16)25)30-4-2)12-19-21(26)23(22(27)31-19)13-14-6-8-17(9-7-14)24(28)29/h3,6-12,25H,1,4-5,13H2,2H3/b19-12-. The number of hydrogen-bond acceptors (Lipinski definition) is 7. The van der Waals surface area contributed by atoms with Crippen LogP contribution in [0.3, 0.4) is 0 Å². The summed E-state index contributed by atoms with van der Waals surface area (Å²) in [5.41, 5.74) is 1.74. The van der Waals surface area contributed by atoms with Crippen LogP contribution in [0.4, 0.5) is 10.5 Å². The molecule has 8 nitrogen and oxygen atoms in total. The second-order valence-electron chi connectivity index (χ2n) is 6.64. The number of nitro benzene ring substituents is 1.